The SMILES string of the molecule is O=C1CCCCO1.O=C1CCCCO1. The standard InChI is InChI=1S/2C5H8O2/c2*6-5-3-1-2-4-7-5/h2*1-4H2. The molecule has 0 spiro atoms. The van der Waals surface area contributed by atoms with E-state index in [0.29, 0.717) is 26.1 Å². The fourth-order valence-electron chi connectivity index (χ4n) is 1.26. The first-order valence-electron chi connectivity index (χ1n) is 5.10. The molecule has 2 heterocycles. The molecule has 4 heteroatoms. The average Bonchev–Trinajstić information content (AvgIpc) is 2.21. The number of ether oxygens (including phenoxy) is 2. The zero-order valence-electron chi connectivity index (χ0n) is 8.29. The predicted octanol–water partition coefficient (Wildman–Crippen LogP) is 1.43. The summed E-state index contributed by atoms with van der Waals surface area (Å²) in [5, 5.41) is 0. The largest absolute Gasteiger partial charge is 0.466 e. The van der Waals surface area contributed by atoms with Crippen LogP contribution >= 0.6 is 0 Å². The van der Waals surface area contributed by atoms with Gasteiger partial charge in [-0.3, -0.25) is 9.59 Å². The van der Waals surface area contributed by atoms with Gasteiger partial charge in [0.05, 0.1) is 13.2 Å². The third-order valence-electron chi connectivity index (χ3n) is 2.08. The molecule has 0 aromatic heterocycles. The number of carbonyl (C=O) groups is 2. The monoisotopic (exact) mass is 200 g/mol. The van der Waals surface area contributed by atoms with Crippen molar-refractivity contribution in [3.63, 3.8) is 0 Å². The number of hydrogen-bond acceptors (Lipinski definition) is 4. The van der Waals surface area contributed by atoms with E-state index in [-0.39, 0.29) is 11.9 Å². The Kier molecular flexibility index (Phi) is 5.04. The Balaban J connectivity index is 0.000000140. The molecule has 14 heavy (non-hydrogen) atoms. The lowest BCUT2D eigenvalue weighted by Crippen LogP contribution is -2.11. The quantitative estimate of drug-likeness (QED) is 0.555. The second kappa shape index (κ2) is 6.40. The Morgan fingerprint density at radius 3 is 1.29 bits per heavy atom. The molecule has 0 amide bonds. The van der Waals surface area contributed by atoms with Crippen LogP contribution in [0.15, 0.2) is 0 Å². The van der Waals surface area contributed by atoms with Crippen LogP contribution in [0.1, 0.15) is 38.5 Å². The maximum Gasteiger partial charge on any atom is 0.305 e. The van der Waals surface area contributed by atoms with Crippen molar-refractivity contribution in [2.75, 3.05) is 13.2 Å². The maximum atomic E-state index is 10.2. The van der Waals surface area contributed by atoms with E-state index in [1.54, 1.807) is 0 Å². The Morgan fingerprint density at radius 2 is 1.14 bits per heavy atom. The molecule has 2 aliphatic heterocycles. The summed E-state index contributed by atoms with van der Waals surface area (Å²) in [6.07, 6.45) is 5.37. The molecule has 0 bridgehead atoms. The van der Waals surface area contributed by atoms with Crippen LogP contribution < -0.4 is 0 Å². The molecular formula is C10H16O4. The summed E-state index contributed by atoms with van der Waals surface area (Å²) in [6.45, 7) is 1.28. The van der Waals surface area contributed by atoms with Gasteiger partial charge in [-0.2, -0.15) is 0 Å². The lowest BCUT2D eigenvalue weighted by molar-refractivity contribution is -0.147. The predicted molar refractivity (Wildman–Crippen MR) is 49.6 cm³/mol. The van der Waals surface area contributed by atoms with Crippen molar-refractivity contribution in [1.29, 1.82) is 0 Å². The zero-order valence-corrected chi connectivity index (χ0v) is 8.29. The fourth-order valence-corrected chi connectivity index (χ4v) is 1.26. The van der Waals surface area contributed by atoms with E-state index < -0.39 is 0 Å². The van der Waals surface area contributed by atoms with Crippen molar-refractivity contribution in [1.82, 2.24) is 0 Å². The Morgan fingerprint density at radius 1 is 0.714 bits per heavy atom. The molecule has 0 aromatic carbocycles. The van der Waals surface area contributed by atoms with Crippen molar-refractivity contribution in [2.45, 2.75) is 38.5 Å². The summed E-state index contributed by atoms with van der Waals surface area (Å²) < 4.78 is 9.28. The van der Waals surface area contributed by atoms with Crippen LogP contribution in [0, 0.1) is 0 Å². The lowest BCUT2D eigenvalue weighted by Gasteiger charge is -2.08. The van der Waals surface area contributed by atoms with Gasteiger partial charge in [-0.15, -0.1) is 0 Å². The number of carbonyl (C=O) groups excluding carboxylic acids is 2. The van der Waals surface area contributed by atoms with Gasteiger partial charge in [-0.1, -0.05) is 0 Å². The first-order valence-corrected chi connectivity index (χ1v) is 5.10. The normalized spacial score (nSPS) is 21.4. The molecule has 2 aliphatic rings. The molecule has 0 N–H and O–H groups in total. The van der Waals surface area contributed by atoms with Crippen molar-refractivity contribution in [3.8, 4) is 0 Å². The molecule has 80 valence electrons. The smallest absolute Gasteiger partial charge is 0.305 e. The highest BCUT2D eigenvalue weighted by atomic mass is 16.5. The van der Waals surface area contributed by atoms with Gasteiger partial charge in [0, 0.05) is 12.8 Å². The molecule has 0 atom stereocenters. The Bertz CT molecular complexity index is 162. The average molecular weight is 200 g/mol. The van der Waals surface area contributed by atoms with E-state index in [0.717, 1.165) is 25.7 Å². The Labute approximate surface area is 83.6 Å². The summed E-state index contributed by atoms with van der Waals surface area (Å²) in [6, 6.07) is 0. The van der Waals surface area contributed by atoms with E-state index in [1.807, 2.05) is 0 Å². The number of cyclic esters (lactones) is 2. The van der Waals surface area contributed by atoms with E-state index >= 15 is 0 Å². The minimum absolute atomic E-state index is 0.0359. The molecule has 0 saturated carbocycles. The van der Waals surface area contributed by atoms with Crippen molar-refractivity contribution in [3.05, 3.63) is 0 Å². The highest BCUT2D eigenvalue weighted by Gasteiger charge is 2.07. The van der Waals surface area contributed by atoms with Gasteiger partial charge in [0.2, 0.25) is 0 Å². The van der Waals surface area contributed by atoms with Gasteiger partial charge in [0.25, 0.3) is 0 Å². The van der Waals surface area contributed by atoms with E-state index in [1.165, 1.54) is 0 Å². The number of hydrogen-bond donors (Lipinski definition) is 0. The first-order chi connectivity index (χ1) is 6.79. The van der Waals surface area contributed by atoms with Gasteiger partial charge in [0.1, 0.15) is 0 Å². The number of rotatable bonds is 0. The van der Waals surface area contributed by atoms with E-state index in [9.17, 15) is 9.59 Å². The molecular weight excluding hydrogens is 184 g/mol. The minimum Gasteiger partial charge on any atom is -0.466 e. The van der Waals surface area contributed by atoms with Crippen LogP contribution in [-0.4, -0.2) is 25.2 Å². The van der Waals surface area contributed by atoms with Gasteiger partial charge in [-0.05, 0) is 25.7 Å². The van der Waals surface area contributed by atoms with Gasteiger partial charge < -0.3 is 9.47 Å². The van der Waals surface area contributed by atoms with E-state index in [4.69, 9.17) is 0 Å². The van der Waals surface area contributed by atoms with Gasteiger partial charge in [-0.25, -0.2) is 0 Å². The summed E-state index contributed by atoms with van der Waals surface area (Å²) in [4.78, 5) is 20.5. The summed E-state index contributed by atoms with van der Waals surface area (Å²) >= 11 is 0. The summed E-state index contributed by atoms with van der Waals surface area (Å²) in [5.41, 5.74) is 0. The minimum atomic E-state index is -0.0359. The Hall–Kier alpha value is -1.06. The van der Waals surface area contributed by atoms with Crippen LogP contribution in [0.4, 0.5) is 0 Å². The van der Waals surface area contributed by atoms with Crippen LogP contribution in [0.5, 0.6) is 0 Å². The van der Waals surface area contributed by atoms with Crippen LogP contribution in [0.25, 0.3) is 0 Å². The molecule has 0 aromatic rings. The molecule has 0 unspecified atom stereocenters. The fraction of sp³-hybridized carbons (Fsp3) is 0.800. The van der Waals surface area contributed by atoms with Crippen LogP contribution in [-0.2, 0) is 19.1 Å². The van der Waals surface area contributed by atoms with Crippen LogP contribution in [0.3, 0.4) is 0 Å². The topological polar surface area (TPSA) is 52.6 Å². The lowest BCUT2D eigenvalue weighted by atomic mass is 10.2. The third kappa shape index (κ3) is 4.84. The summed E-state index contributed by atoms with van der Waals surface area (Å²) in [7, 11) is 0. The van der Waals surface area contributed by atoms with Crippen molar-refractivity contribution < 1.29 is 19.1 Å². The second-order valence-electron chi connectivity index (χ2n) is 3.36. The number of esters is 2. The molecule has 2 rings (SSSR count). The molecule has 4 nitrogen and oxygen atoms in total. The third-order valence-corrected chi connectivity index (χ3v) is 2.08. The van der Waals surface area contributed by atoms with Crippen LogP contribution in [0.2, 0.25) is 0 Å². The second-order valence-corrected chi connectivity index (χ2v) is 3.36. The molecule has 2 saturated heterocycles. The summed E-state index contributed by atoms with van der Waals surface area (Å²) in [5.74, 6) is -0.0718. The van der Waals surface area contributed by atoms with E-state index in [2.05, 4.69) is 9.47 Å². The maximum absolute atomic E-state index is 10.2. The molecule has 0 radical (unpaired) electrons. The first kappa shape index (κ1) is 11.0. The van der Waals surface area contributed by atoms with Crippen molar-refractivity contribution in [2.24, 2.45) is 0 Å². The van der Waals surface area contributed by atoms with Gasteiger partial charge >= 0.3 is 11.9 Å². The molecule has 2 fully saturated rings. The zero-order chi connectivity index (χ0) is 10.2. The molecule has 0 aliphatic carbocycles. The highest BCUT2D eigenvalue weighted by Crippen LogP contribution is 2.04. The van der Waals surface area contributed by atoms with Crippen molar-refractivity contribution >= 4 is 11.9 Å². The highest BCUT2D eigenvalue weighted by molar-refractivity contribution is 5.70. The van der Waals surface area contributed by atoms with Gasteiger partial charge in [0.15, 0.2) is 0 Å².